The Bertz CT molecular complexity index is 1010. The van der Waals surface area contributed by atoms with Crippen LogP contribution in [0.2, 0.25) is 0 Å². The highest BCUT2D eigenvalue weighted by Gasteiger charge is 2.47. The number of carbonyl (C=O) groups is 2. The molecule has 3 N–H and O–H groups in total. The molecule has 0 saturated heterocycles. The van der Waals surface area contributed by atoms with Gasteiger partial charge in [0.1, 0.15) is 5.54 Å². The van der Waals surface area contributed by atoms with Crippen molar-refractivity contribution in [3.63, 3.8) is 0 Å². The number of alkyl halides is 3. The normalized spacial score (nSPS) is 12.8. The zero-order chi connectivity index (χ0) is 22.6. The van der Waals surface area contributed by atoms with Crippen LogP contribution < -0.4 is 5.32 Å². The SMILES string of the molecule is O=C(NC(c1ccccc1)(c1ccccc1)C(O)C(=O)O)c1ccc(C(F)(F)F)cc1. The molecule has 0 spiro atoms. The molecule has 3 aromatic rings. The van der Waals surface area contributed by atoms with Gasteiger partial charge in [-0.3, -0.25) is 4.79 Å². The van der Waals surface area contributed by atoms with Crippen LogP contribution in [0.3, 0.4) is 0 Å². The molecule has 0 aliphatic heterocycles. The molecule has 5 nitrogen and oxygen atoms in total. The minimum atomic E-state index is -4.56. The Morgan fingerprint density at radius 1 is 0.742 bits per heavy atom. The maximum atomic E-state index is 13.0. The number of aliphatic carboxylic acids is 1. The lowest BCUT2D eigenvalue weighted by atomic mass is 9.77. The van der Waals surface area contributed by atoms with E-state index in [2.05, 4.69) is 5.32 Å². The molecule has 0 aromatic heterocycles. The lowest BCUT2D eigenvalue weighted by Gasteiger charge is -2.38. The summed E-state index contributed by atoms with van der Waals surface area (Å²) in [6.45, 7) is 0. The molecular formula is C23H18F3NO4. The maximum absolute atomic E-state index is 13.0. The summed E-state index contributed by atoms with van der Waals surface area (Å²) in [6, 6.07) is 19.5. The van der Waals surface area contributed by atoms with Crippen LogP contribution >= 0.6 is 0 Å². The predicted molar refractivity (Wildman–Crippen MR) is 106 cm³/mol. The number of amides is 1. The summed E-state index contributed by atoms with van der Waals surface area (Å²) in [6.07, 6.45) is -6.65. The van der Waals surface area contributed by atoms with Crippen LogP contribution in [0.25, 0.3) is 0 Å². The molecule has 1 amide bonds. The molecule has 3 aromatic carbocycles. The predicted octanol–water partition coefficient (Wildman–Crippen LogP) is 3.82. The highest BCUT2D eigenvalue weighted by atomic mass is 19.4. The first-order valence-electron chi connectivity index (χ1n) is 9.18. The van der Waals surface area contributed by atoms with Crippen LogP contribution in [0.1, 0.15) is 27.0 Å². The second-order valence-corrected chi connectivity index (χ2v) is 6.81. The van der Waals surface area contributed by atoms with Gasteiger partial charge in [0.25, 0.3) is 5.91 Å². The van der Waals surface area contributed by atoms with Gasteiger partial charge in [-0.05, 0) is 35.4 Å². The highest BCUT2D eigenvalue weighted by Crippen LogP contribution is 2.34. The van der Waals surface area contributed by atoms with Gasteiger partial charge >= 0.3 is 12.1 Å². The first-order chi connectivity index (χ1) is 14.7. The molecule has 0 saturated carbocycles. The number of benzene rings is 3. The number of carboxylic acid groups (broad SMARTS) is 1. The van der Waals surface area contributed by atoms with Crippen molar-refractivity contribution in [3.05, 3.63) is 107 Å². The van der Waals surface area contributed by atoms with E-state index in [9.17, 15) is 33.0 Å². The lowest BCUT2D eigenvalue weighted by Crippen LogP contribution is -2.57. The standard InChI is InChI=1S/C23H18F3NO4/c24-23(25,26)18-13-11-15(12-14-18)20(29)27-22(19(28)21(30)31,16-7-3-1-4-8-16)17-9-5-2-6-10-17/h1-14,19,28H,(H,27,29)(H,30,31). The second-order valence-electron chi connectivity index (χ2n) is 6.81. The van der Waals surface area contributed by atoms with E-state index in [0.29, 0.717) is 0 Å². The van der Waals surface area contributed by atoms with Gasteiger partial charge < -0.3 is 15.5 Å². The molecule has 3 rings (SSSR count). The zero-order valence-corrected chi connectivity index (χ0v) is 16.0. The van der Waals surface area contributed by atoms with Gasteiger partial charge in [-0.1, -0.05) is 60.7 Å². The van der Waals surface area contributed by atoms with Gasteiger partial charge in [0, 0.05) is 5.56 Å². The van der Waals surface area contributed by atoms with Crippen LogP contribution in [0.4, 0.5) is 13.2 Å². The number of aliphatic hydroxyl groups is 1. The van der Waals surface area contributed by atoms with E-state index in [0.717, 1.165) is 24.3 Å². The summed E-state index contributed by atoms with van der Waals surface area (Å²) in [7, 11) is 0. The van der Waals surface area contributed by atoms with Crippen molar-refractivity contribution >= 4 is 11.9 Å². The van der Waals surface area contributed by atoms with Crippen LogP contribution in [-0.4, -0.2) is 28.2 Å². The van der Waals surface area contributed by atoms with Gasteiger partial charge in [0.15, 0.2) is 6.10 Å². The van der Waals surface area contributed by atoms with Crippen molar-refractivity contribution < 1.29 is 33.0 Å². The molecule has 160 valence electrons. The molecular weight excluding hydrogens is 411 g/mol. The van der Waals surface area contributed by atoms with Crippen molar-refractivity contribution in [2.75, 3.05) is 0 Å². The number of nitrogens with one attached hydrogen (secondary N) is 1. The maximum Gasteiger partial charge on any atom is 0.416 e. The Morgan fingerprint density at radius 3 is 1.58 bits per heavy atom. The number of hydrogen-bond donors (Lipinski definition) is 3. The molecule has 1 unspecified atom stereocenters. The van der Waals surface area contributed by atoms with E-state index >= 15 is 0 Å². The van der Waals surface area contributed by atoms with Crippen molar-refractivity contribution in [2.45, 2.75) is 17.8 Å². The molecule has 1 atom stereocenters. The lowest BCUT2D eigenvalue weighted by molar-refractivity contribution is -0.150. The Morgan fingerprint density at radius 2 is 1.19 bits per heavy atom. The molecule has 0 aliphatic carbocycles. The minimum Gasteiger partial charge on any atom is -0.479 e. The minimum absolute atomic E-state index is 0.123. The largest absolute Gasteiger partial charge is 0.479 e. The monoisotopic (exact) mass is 429 g/mol. The third kappa shape index (κ3) is 4.44. The Hall–Kier alpha value is -3.65. The molecule has 0 bridgehead atoms. The van der Waals surface area contributed by atoms with Crippen LogP contribution in [-0.2, 0) is 16.5 Å². The molecule has 0 fully saturated rings. The smallest absolute Gasteiger partial charge is 0.416 e. The van der Waals surface area contributed by atoms with Gasteiger partial charge in [-0.25, -0.2) is 4.79 Å². The fourth-order valence-electron chi connectivity index (χ4n) is 3.34. The van der Waals surface area contributed by atoms with Gasteiger partial charge in [-0.15, -0.1) is 0 Å². The van der Waals surface area contributed by atoms with Crippen LogP contribution in [0.15, 0.2) is 84.9 Å². The van der Waals surface area contributed by atoms with Gasteiger partial charge in [0.2, 0.25) is 0 Å². The molecule has 8 heteroatoms. The summed E-state index contributed by atoms with van der Waals surface area (Å²) in [5.41, 5.74) is -2.37. The van der Waals surface area contributed by atoms with E-state index < -0.39 is 35.3 Å². The fraction of sp³-hybridized carbons (Fsp3) is 0.130. The van der Waals surface area contributed by atoms with Crippen LogP contribution in [0, 0.1) is 0 Å². The second kappa shape index (κ2) is 8.61. The molecule has 31 heavy (non-hydrogen) atoms. The summed E-state index contributed by atoms with van der Waals surface area (Å²) in [5.74, 6) is -2.43. The van der Waals surface area contributed by atoms with E-state index in [1.54, 1.807) is 60.7 Å². The van der Waals surface area contributed by atoms with E-state index in [-0.39, 0.29) is 16.7 Å². The average molecular weight is 429 g/mol. The van der Waals surface area contributed by atoms with Gasteiger partial charge in [0.05, 0.1) is 5.56 Å². The molecule has 0 heterocycles. The first kappa shape index (κ1) is 22.0. The van der Waals surface area contributed by atoms with E-state index in [1.165, 1.54) is 0 Å². The number of carbonyl (C=O) groups excluding carboxylic acids is 1. The van der Waals surface area contributed by atoms with E-state index in [4.69, 9.17) is 0 Å². The Kier molecular flexibility index (Phi) is 6.12. The van der Waals surface area contributed by atoms with E-state index in [1.807, 2.05) is 0 Å². The summed E-state index contributed by atoms with van der Waals surface area (Å²) < 4.78 is 38.5. The Labute approximate surface area is 175 Å². The third-order valence-electron chi connectivity index (χ3n) is 4.89. The number of halogens is 3. The van der Waals surface area contributed by atoms with Crippen molar-refractivity contribution in [1.29, 1.82) is 0 Å². The quantitative estimate of drug-likeness (QED) is 0.556. The number of rotatable bonds is 6. The number of hydrogen-bond acceptors (Lipinski definition) is 3. The number of carboxylic acids is 1. The highest BCUT2D eigenvalue weighted by molar-refractivity contribution is 5.96. The zero-order valence-electron chi connectivity index (χ0n) is 16.0. The third-order valence-corrected chi connectivity index (χ3v) is 4.89. The number of aliphatic hydroxyl groups excluding tert-OH is 1. The fourth-order valence-corrected chi connectivity index (χ4v) is 3.34. The Balaban J connectivity index is 2.12. The van der Waals surface area contributed by atoms with Crippen molar-refractivity contribution in [2.24, 2.45) is 0 Å². The molecule has 0 radical (unpaired) electrons. The molecule has 0 aliphatic rings. The summed E-state index contributed by atoms with van der Waals surface area (Å²) in [4.78, 5) is 24.8. The van der Waals surface area contributed by atoms with Crippen molar-refractivity contribution in [1.82, 2.24) is 5.32 Å². The average Bonchev–Trinajstić information content (AvgIpc) is 2.77. The summed E-state index contributed by atoms with van der Waals surface area (Å²) >= 11 is 0. The van der Waals surface area contributed by atoms with Gasteiger partial charge in [-0.2, -0.15) is 13.2 Å². The topological polar surface area (TPSA) is 86.6 Å². The van der Waals surface area contributed by atoms with Crippen LogP contribution in [0.5, 0.6) is 0 Å². The summed E-state index contributed by atoms with van der Waals surface area (Å²) in [5, 5.41) is 22.9. The van der Waals surface area contributed by atoms with Crippen molar-refractivity contribution in [3.8, 4) is 0 Å². The first-order valence-corrected chi connectivity index (χ1v) is 9.18.